The zero-order valence-electron chi connectivity index (χ0n) is 47.7. The monoisotopic (exact) mass is 1020 g/mol. The number of likely N-dealkylation sites (N-methyl/N-ethyl adjacent to an activating group) is 1. The van der Waals surface area contributed by atoms with Crippen molar-refractivity contribution in [3.8, 4) is 0 Å². The Morgan fingerprint density at radius 1 is 0.425 bits per heavy atom. The predicted molar refractivity (Wildman–Crippen MR) is 306 cm³/mol. The van der Waals surface area contributed by atoms with Crippen LogP contribution < -0.4 is 5.11 Å². The van der Waals surface area contributed by atoms with Crippen LogP contribution in [-0.4, -0.2) is 82.3 Å². The fraction of sp³-hybridized carbons (Fsp3) is 0.734. The number of carboxylic acid groups (broad SMARTS) is 1. The van der Waals surface area contributed by atoms with Crippen molar-refractivity contribution in [3.63, 3.8) is 0 Å². The Balaban J connectivity index is 4.18. The number of aliphatic carboxylic acids is 1. The Morgan fingerprint density at radius 2 is 0.781 bits per heavy atom. The highest BCUT2D eigenvalue weighted by atomic mass is 16.7. The van der Waals surface area contributed by atoms with Crippen molar-refractivity contribution in [2.24, 2.45) is 0 Å². The molecule has 0 aromatic rings. The van der Waals surface area contributed by atoms with E-state index in [4.69, 9.17) is 18.9 Å². The van der Waals surface area contributed by atoms with Crippen LogP contribution in [-0.2, 0) is 33.3 Å². The van der Waals surface area contributed by atoms with Gasteiger partial charge >= 0.3 is 11.9 Å². The van der Waals surface area contributed by atoms with E-state index in [0.29, 0.717) is 17.4 Å². The van der Waals surface area contributed by atoms with Gasteiger partial charge in [0.2, 0.25) is 0 Å². The summed E-state index contributed by atoms with van der Waals surface area (Å²) in [7, 11) is 5.92. The number of quaternary nitrogens is 1. The highest BCUT2D eigenvalue weighted by Gasteiger charge is 2.22. The molecule has 0 aliphatic rings. The van der Waals surface area contributed by atoms with Gasteiger partial charge < -0.3 is 33.3 Å². The molecule has 0 amide bonds. The Hall–Kier alpha value is -3.53. The minimum Gasteiger partial charge on any atom is -0.545 e. The highest BCUT2D eigenvalue weighted by Crippen LogP contribution is 2.16. The molecule has 0 aromatic carbocycles. The van der Waals surface area contributed by atoms with Crippen molar-refractivity contribution in [1.82, 2.24) is 0 Å². The summed E-state index contributed by atoms with van der Waals surface area (Å²) < 4.78 is 22.7. The van der Waals surface area contributed by atoms with E-state index >= 15 is 0 Å². The number of hydrogen-bond donors (Lipinski definition) is 0. The van der Waals surface area contributed by atoms with Crippen LogP contribution in [0.25, 0.3) is 0 Å². The molecule has 0 radical (unpaired) electrons. The summed E-state index contributed by atoms with van der Waals surface area (Å²) in [6.07, 6.45) is 69.2. The summed E-state index contributed by atoms with van der Waals surface area (Å²) in [5.41, 5.74) is 0. The molecular formula is C64H111NO8. The van der Waals surface area contributed by atoms with Crippen molar-refractivity contribution < 1.29 is 42.9 Å². The van der Waals surface area contributed by atoms with E-state index in [9.17, 15) is 19.5 Å². The number of rotatable bonds is 54. The molecule has 0 aromatic heterocycles. The van der Waals surface area contributed by atoms with Crippen LogP contribution in [0.5, 0.6) is 0 Å². The molecule has 0 saturated carbocycles. The maximum atomic E-state index is 12.9. The number of carbonyl (C=O) groups is 3. The van der Waals surface area contributed by atoms with Gasteiger partial charge in [0.05, 0.1) is 40.3 Å². The molecule has 0 bridgehead atoms. The van der Waals surface area contributed by atoms with Crippen LogP contribution >= 0.6 is 0 Å². The number of unbranched alkanes of at least 4 members (excludes halogenated alkanes) is 25. The van der Waals surface area contributed by atoms with Gasteiger partial charge in [-0.15, -0.1) is 0 Å². The maximum Gasteiger partial charge on any atom is 0.306 e. The third-order valence-electron chi connectivity index (χ3n) is 12.6. The molecule has 0 aliphatic heterocycles. The normalized spacial score (nSPS) is 13.4. The van der Waals surface area contributed by atoms with Crippen molar-refractivity contribution in [1.29, 1.82) is 0 Å². The van der Waals surface area contributed by atoms with Crippen LogP contribution in [0.3, 0.4) is 0 Å². The molecule has 0 saturated heterocycles. The summed E-state index contributed by atoms with van der Waals surface area (Å²) in [6, 6.07) is 0. The highest BCUT2D eigenvalue weighted by molar-refractivity contribution is 5.70. The first-order valence-electron chi connectivity index (χ1n) is 29.7. The molecule has 0 N–H and O–H groups in total. The molecule has 420 valence electrons. The number of nitrogens with zero attached hydrogens (tertiary/aromatic N) is 1. The van der Waals surface area contributed by atoms with Crippen molar-refractivity contribution in [2.75, 3.05) is 47.5 Å². The van der Waals surface area contributed by atoms with Crippen LogP contribution in [0.2, 0.25) is 0 Å². The zero-order chi connectivity index (χ0) is 53.4. The summed E-state index contributed by atoms with van der Waals surface area (Å²) in [4.78, 5) is 37.3. The fourth-order valence-electron chi connectivity index (χ4n) is 8.06. The van der Waals surface area contributed by atoms with Crippen LogP contribution in [0, 0.1) is 0 Å². The predicted octanol–water partition coefficient (Wildman–Crippen LogP) is 16.2. The average molecular weight is 1020 g/mol. The molecule has 2 atom stereocenters. The van der Waals surface area contributed by atoms with E-state index in [1.54, 1.807) is 0 Å². The number of hydrogen-bond acceptors (Lipinski definition) is 8. The first kappa shape index (κ1) is 69.5. The van der Waals surface area contributed by atoms with Gasteiger partial charge in [0, 0.05) is 12.8 Å². The quantitative estimate of drug-likeness (QED) is 0.0195. The van der Waals surface area contributed by atoms with Crippen LogP contribution in [0.4, 0.5) is 0 Å². The smallest absolute Gasteiger partial charge is 0.306 e. The lowest BCUT2D eigenvalue weighted by atomic mass is 10.0. The lowest BCUT2D eigenvalue weighted by Gasteiger charge is -2.26. The lowest BCUT2D eigenvalue weighted by Crippen LogP contribution is -2.44. The van der Waals surface area contributed by atoms with Gasteiger partial charge in [-0.1, -0.05) is 227 Å². The summed E-state index contributed by atoms with van der Waals surface area (Å²) in [5, 5.41) is 11.8. The van der Waals surface area contributed by atoms with Crippen LogP contribution in [0.15, 0.2) is 85.1 Å². The number of carbonyl (C=O) groups excluding carboxylic acids is 3. The maximum absolute atomic E-state index is 12.9. The lowest BCUT2D eigenvalue weighted by molar-refractivity contribution is -0.870. The Bertz CT molecular complexity index is 1470. The minimum absolute atomic E-state index is 0.144. The third-order valence-corrected chi connectivity index (χ3v) is 12.6. The second-order valence-electron chi connectivity index (χ2n) is 20.9. The van der Waals surface area contributed by atoms with Gasteiger partial charge in [0.1, 0.15) is 13.2 Å². The van der Waals surface area contributed by atoms with E-state index in [-0.39, 0.29) is 38.6 Å². The standard InChI is InChI=1S/C64H111NO8/c1-6-8-10-12-14-16-18-20-22-24-25-26-27-28-29-30-31-32-33-34-35-36-37-39-41-43-45-47-49-51-53-55-62(67)73-60(59-72-64(63(68)69)70-57-56-65(3,4)5)58-71-61(66)54-52-50-48-46-44-42-40-38-23-21-19-17-15-13-11-9-7-2/h8,10,14-17,20-23,25-26,28-29,60,64H,6-7,9,11-13,18-19,24,27,30-59H2,1-5H3/b10-8-,16-14-,17-15-,22-20-,23-21-,26-25-,29-28-. The summed E-state index contributed by atoms with van der Waals surface area (Å²) in [5.74, 6) is -2.29. The number of esters is 2. The number of allylic oxidation sites excluding steroid dienone is 14. The molecule has 73 heavy (non-hydrogen) atoms. The Morgan fingerprint density at radius 3 is 1.16 bits per heavy atom. The van der Waals surface area contributed by atoms with E-state index in [2.05, 4.69) is 98.9 Å². The first-order valence-corrected chi connectivity index (χ1v) is 29.7. The van der Waals surface area contributed by atoms with E-state index < -0.39 is 24.3 Å². The molecule has 9 heteroatoms. The average Bonchev–Trinajstić information content (AvgIpc) is 3.36. The van der Waals surface area contributed by atoms with Gasteiger partial charge in [-0.2, -0.15) is 0 Å². The number of ether oxygens (including phenoxy) is 4. The molecule has 0 spiro atoms. The first-order chi connectivity index (χ1) is 35.6. The second kappa shape index (κ2) is 54.7. The summed E-state index contributed by atoms with van der Waals surface area (Å²) in [6.45, 7) is 4.61. The second-order valence-corrected chi connectivity index (χ2v) is 20.9. The van der Waals surface area contributed by atoms with Gasteiger partial charge in [0.25, 0.3) is 0 Å². The van der Waals surface area contributed by atoms with Gasteiger partial charge in [-0.25, -0.2) is 0 Å². The SMILES string of the molecule is CC/C=C\C/C=C\C/C=C\C/C=C\C/C=C\CCCCCCCCCCCCCCCCCC(=O)OC(COC(=O)CCCCCCCCC/C=C\C/C=C\CCCCC)COC(OCC[N+](C)(C)C)C(=O)[O-]. The minimum atomic E-state index is -1.63. The van der Waals surface area contributed by atoms with E-state index in [0.717, 1.165) is 89.9 Å². The molecule has 0 fully saturated rings. The largest absolute Gasteiger partial charge is 0.545 e. The number of carboxylic acids is 1. The van der Waals surface area contributed by atoms with E-state index in [1.807, 2.05) is 21.1 Å². The van der Waals surface area contributed by atoms with Crippen LogP contribution in [0.1, 0.15) is 245 Å². The van der Waals surface area contributed by atoms with Crippen molar-refractivity contribution in [3.05, 3.63) is 85.1 Å². The molecular weight excluding hydrogens is 911 g/mol. The molecule has 2 unspecified atom stereocenters. The van der Waals surface area contributed by atoms with Crippen molar-refractivity contribution in [2.45, 2.75) is 257 Å². The van der Waals surface area contributed by atoms with Gasteiger partial charge in [0.15, 0.2) is 12.4 Å². The Labute approximate surface area is 449 Å². The topological polar surface area (TPSA) is 111 Å². The van der Waals surface area contributed by atoms with Crippen molar-refractivity contribution >= 4 is 17.9 Å². The molecule has 0 aliphatic carbocycles. The summed E-state index contributed by atoms with van der Waals surface area (Å²) >= 11 is 0. The van der Waals surface area contributed by atoms with Gasteiger partial charge in [-0.3, -0.25) is 9.59 Å². The Kier molecular flexibility index (Phi) is 52.1. The fourth-order valence-corrected chi connectivity index (χ4v) is 8.06. The zero-order valence-corrected chi connectivity index (χ0v) is 47.7. The molecule has 9 nitrogen and oxygen atoms in total. The third kappa shape index (κ3) is 56.0. The molecule has 0 rings (SSSR count). The van der Waals surface area contributed by atoms with E-state index in [1.165, 1.54) is 122 Å². The molecule has 0 heterocycles. The van der Waals surface area contributed by atoms with Gasteiger partial charge in [-0.05, 0) is 89.9 Å².